The molecule has 102 valence electrons. The van der Waals surface area contributed by atoms with E-state index in [-0.39, 0.29) is 5.60 Å². The van der Waals surface area contributed by atoms with Crippen molar-refractivity contribution in [2.24, 2.45) is 0 Å². The van der Waals surface area contributed by atoms with E-state index in [0.29, 0.717) is 6.04 Å². The van der Waals surface area contributed by atoms with Crippen LogP contribution in [0.5, 0.6) is 0 Å². The molecule has 0 saturated heterocycles. The fraction of sp³-hybridized carbons (Fsp3) is 0.625. The van der Waals surface area contributed by atoms with Crippen molar-refractivity contribution in [2.45, 2.75) is 52.7 Å². The van der Waals surface area contributed by atoms with Gasteiger partial charge in [-0.25, -0.2) is 0 Å². The zero-order valence-corrected chi connectivity index (χ0v) is 12.4. The van der Waals surface area contributed by atoms with E-state index in [4.69, 9.17) is 4.74 Å². The molecule has 0 radical (unpaired) electrons. The van der Waals surface area contributed by atoms with Gasteiger partial charge in [0.25, 0.3) is 0 Å². The van der Waals surface area contributed by atoms with E-state index >= 15 is 0 Å². The summed E-state index contributed by atoms with van der Waals surface area (Å²) in [7, 11) is 0. The van der Waals surface area contributed by atoms with Crippen LogP contribution in [-0.2, 0) is 4.74 Å². The topological polar surface area (TPSA) is 21.3 Å². The van der Waals surface area contributed by atoms with E-state index in [2.05, 4.69) is 57.3 Å². The zero-order valence-electron chi connectivity index (χ0n) is 12.4. The number of rotatable bonds is 7. The Balaban J connectivity index is 2.60. The highest BCUT2D eigenvalue weighted by atomic mass is 16.5. The minimum Gasteiger partial charge on any atom is -0.375 e. The number of benzene rings is 1. The summed E-state index contributed by atoms with van der Waals surface area (Å²) in [5, 5.41) is 3.61. The summed E-state index contributed by atoms with van der Waals surface area (Å²) < 4.78 is 5.72. The van der Waals surface area contributed by atoms with Crippen molar-refractivity contribution in [2.75, 3.05) is 13.2 Å². The van der Waals surface area contributed by atoms with E-state index in [9.17, 15) is 0 Å². The van der Waals surface area contributed by atoms with Crippen LogP contribution in [0, 0.1) is 6.92 Å². The number of aryl methyl sites for hydroxylation is 1. The van der Waals surface area contributed by atoms with Gasteiger partial charge >= 0.3 is 0 Å². The lowest BCUT2D eigenvalue weighted by molar-refractivity contribution is -0.0107. The Morgan fingerprint density at radius 3 is 2.28 bits per heavy atom. The van der Waals surface area contributed by atoms with Crippen molar-refractivity contribution >= 4 is 0 Å². The van der Waals surface area contributed by atoms with Crippen LogP contribution in [0.1, 0.15) is 51.3 Å². The molecule has 1 aromatic rings. The van der Waals surface area contributed by atoms with Crippen molar-refractivity contribution in [1.29, 1.82) is 0 Å². The number of hydrogen-bond acceptors (Lipinski definition) is 2. The first-order valence-corrected chi connectivity index (χ1v) is 6.92. The molecule has 0 spiro atoms. The molecular weight excluding hydrogens is 222 g/mol. The van der Waals surface area contributed by atoms with Crippen molar-refractivity contribution in [1.82, 2.24) is 5.32 Å². The highest BCUT2D eigenvalue weighted by Crippen LogP contribution is 2.18. The Kier molecular flexibility index (Phi) is 5.83. The first-order chi connectivity index (χ1) is 8.48. The SMILES string of the molecule is CCOC(C)(C)CNC(CC)c1ccc(C)cc1. The fourth-order valence-corrected chi connectivity index (χ4v) is 2.11. The molecule has 0 saturated carbocycles. The minimum atomic E-state index is -0.104. The molecule has 1 aromatic carbocycles. The predicted molar refractivity (Wildman–Crippen MR) is 77.9 cm³/mol. The summed E-state index contributed by atoms with van der Waals surface area (Å²) in [6, 6.07) is 9.18. The first kappa shape index (κ1) is 15.2. The summed E-state index contributed by atoms with van der Waals surface area (Å²) in [6.45, 7) is 12.3. The second-order valence-electron chi connectivity index (χ2n) is 5.45. The van der Waals surface area contributed by atoms with E-state index in [0.717, 1.165) is 19.6 Å². The molecule has 1 atom stereocenters. The van der Waals surface area contributed by atoms with Crippen molar-refractivity contribution in [3.05, 3.63) is 35.4 Å². The normalized spacial score (nSPS) is 13.6. The van der Waals surface area contributed by atoms with Crippen LogP contribution in [0.3, 0.4) is 0 Å². The lowest BCUT2D eigenvalue weighted by Crippen LogP contribution is -2.39. The van der Waals surface area contributed by atoms with Gasteiger partial charge in [0.2, 0.25) is 0 Å². The molecule has 1 rings (SSSR count). The standard InChI is InChI=1S/C16H27NO/c1-6-15(14-10-8-13(3)9-11-14)17-12-16(4,5)18-7-2/h8-11,15,17H,6-7,12H2,1-5H3. The molecule has 0 aliphatic heterocycles. The largest absolute Gasteiger partial charge is 0.375 e. The second kappa shape index (κ2) is 6.91. The molecule has 1 N–H and O–H groups in total. The van der Waals surface area contributed by atoms with Crippen LogP contribution in [0.25, 0.3) is 0 Å². The molecule has 2 nitrogen and oxygen atoms in total. The third-order valence-electron chi connectivity index (χ3n) is 3.20. The molecule has 0 heterocycles. The Morgan fingerprint density at radius 2 is 1.78 bits per heavy atom. The molecule has 0 aromatic heterocycles. The minimum absolute atomic E-state index is 0.104. The van der Waals surface area contributed by atoms with Gasteiger partial charge in [0.15, 0.2) is 0 Å². The molecular formula is C16H27NO. The van der Waals surface area contributed by atoms with Gasteiger partial charge in [-0.05, 0) is 39.7 Å². The van der Waals surface area contributed by atoms with Gasteiger partial charge in [-0.1, -0.05) is 36.8 Å². The Hall–Kier alpha value is -0.860. The van der Waals surface area contributed by atoms with Crippen LogP contribution >= 0.6 is 0 Å². The summed E-state index contributed by atoms with van der Waals surface area (Å²) in [5.41, 5.74) is 2.56. The fourth-order valence-electron chi connectivity index (χ4n) is 2.11. The van der Waals surface area contributed by atoms with Gasteiger partial charge < -0.3 is 10.1 Å². The van der Waals surface area contributed by atoms with Gasteiger partial charge in [-0.3, -0.25) is 0 Å². The maximum Gasteiger partial charge on any atom is 0.0750 e. The number of nitrogens with one attached hydrogen (secondary N) is 1. The Bertz CT molecular complexity index is 343. The van der Waals surface area contributed by atoms with Crippen LogP contribution in [0.4, 0.5) is 0 Å². The van der Waals surface area contributed by atoms with Crippen molar-refractivity contribution < 1.29 is 4.74 Å². The summed E-state index contributed by atoms with van der Waals surface area (Å²) >= 11 is 0. The summed E-state index contributed by atoms with van der Waals surface area (Å²) in [5.74, 6) is 0. The van der Waals surface area contributed by atoms with E-state index < -0.39 is 0 Å². The third kappa shape index (κ3) is 4.79. The van der Waals surface area contributed by atoms with E-state index in [1.165, 1.54) is 11.1 Å². The van der Waals surface area contributed by atoms with Gasteiger partial charge in [-0.2, -0.15) is 0 Å². The maximum atomic E-state index is 5.72. The van der Waals surface area contributed by atoms with Crippen LogP contribution in [-0.4, -0.2) is 18.8 Å². The molecule has 18 heavy (non-hydrogen) atoms. The lowest BCUT2D eigenvalue weighted by atomic mass is 10.0. The highest BCUT2D eigenvalue weighted by Gasteiger charge is 2.19. The molecule has 0 fully saturated rings. The van der Waals surface area contributed by atoms with Crippen molar-refractivity contribution in [3.63, 3.8) is 0 Å². The first-order valence-electron chi connectivity index (χ1n) is 6.92. The molecule has 0 aliphatic rings. The molecule has 0 bridgehead atoms. The number of ether oxygens (including phenoxy) is 1. The number of hydrogen-bond donors (Lipinski definition) is 1. The third-order valence-corrected chi connectivity index (χ3v) is 3.20. The molecule has 0 amide bonds. The average molecular weight is 249 g/mol. The van der Waals surface area contributed by atoms with E-state index in [1.54, 1.807) is 0 Å². The van der Waals surface area contributed by atoms with E-state index in [1.807, 2.05) is 6.92 Å². The van der Waals surface area contributed by atoms with Crippen LogP contribution in [0.15, 0.2) is 24.3 Å². The van der Waals surface area contributed by atoms with Gasteiger partial charge in [-0.15, -0.1) is 0 Å². The monoisotopic (exact) mass is 249 g/mol. The zero-order chi connectivity index (χ0) is 13.6. The highest BCUT2D eigenvalue weighted by molar-refractivity contribution is 5.24. The van der Waals surface area contributed by atoms with Gasteiger partial charge in [0.05, 0.1) is 5.60 Å². The Labute approximate surface area is 112 Å². The Morgan fingerprint density at radius 1 is 1.17 bits per heavy atom. The second-order valence-corrected chi connectivity index (χ2v) is 5.45. The lowest BCUT2D eigenvalue weighted by Gasteiger charge is -2.28. The maximum absolute atomic E-state index is 5.72. The molecule has 0 aliphatic carbocycles. The summed E-state index contributed by atoms with van der Waals surface area (Å²) in [4.78, 5) is 0. The van der Waals surface area contributed by atoms with Crippen LogP contribution < -0.4 is 5.32 Å². The smallest absolute Gasteiger partial charge is 0.0750 e. The van der Waals surface area contributed by atoms with Crippen LogP contribution in [0.2, 0.25) is 0 Å². The van der Waals surface area contributed by atoms with Gasteiger partial charge in [0.1, 0.15) is 0 Å². The predicted octanol–water partition coefficient (Wildman–Crippen LogP) is 3.85. The summed E-state index contributed by atoms with van der Waals surface area (Å²) in [6.07, 6.45) is 1.09. The molecule has 1 unspecified atom stereocenters. The van der Waals surface area contributed by atoms with Crippen molar-refractivity contribution in [3.8, 4) is 0 Å². The average Bonchev–Trinajstić information content (AvgIpc) is 2.32. The quantitative estimate of drug-likeness (QED) is 0.792. The van der Waals surface area contributed by atoms with Gasteiger partial charge in [0, 0.05) is 19.2 Å². The molecule has 2 heteroatoms.